The van der Waals surface area contributed by atoms with Crippen molar-refractivity contribution in [1.29, 1.82) is 0 Å². The largest absolute Gasteiger partial charge is 0.489 e. The number of benzene rings is 1. The molecular weight excluding hydrogens is 266 g/mol. The van der Waals surface area contributed by atoms with E-state index in [1.54, 1.807) is 0 Å². The number of nitrogens with zero attached hydrogens (tertiary/aromatic N) is 1. The Morgan fingerprint density at radius 1 is 1.19 bits per heavy atom. The van der Waals surface area contributed by atoms with Crippen LogP contribution in [0.4, 0.5) is 0 Å². The number of halogens is 1. The Labute approximate surface area is 103 Å². The first kappa shape index (κ1) is 11.1. The highest BCUT2D eigenvalue weighted by molar-refractivity contribution is 9.10. The maximum absolute atomic E-state index is 5.71. The van der Waals surface area contributed by atoms with Gasteiger partial charge >= 0.3 is 0 Å². The summed E-state index contributed by atoms with van der Waals surface area (Å²) in [5.74, 6) is 0.922. The zero-order valence-corrected chi connectivity index (χ0v) is 10.6. The van der Waals surface area contributed by atoms with Gasteiger partial charge in [-0.3, -0.25) is 0 Å². The summed E-state index contributed by atoms with van der Waals surface area (Å²) < 4.78 is 6.55. The lowest BCUT2D eigenvalue weighted by Crippen LogP contribution is -1.97. The number of ether oxygens (including phenoxy) is 1. The highest BCUT2D eigenvalue weighted by Crippen LogP contribution is 2.17. The summed E-state index contributed by atoms with van der Waals surface area (Å²) in [4.78, 5) is 4.15. The van der Waals surface area contributed by atoms with Gasteiger partial charge in [0.2, 0.25) is 0 Å². The van der Waals surface area contributed by atoms with Crippen LogP contribution in [0.5, 0.6) is 5.75 Å². The normalized spacial score (nSPS) is 10.1. The van der Waals surface area contributed by atoms with Crippen LogP contribution in [0.1, 0.15) is 11.1 Å². The van der Waals surface area contributed by atoms with Crippen molar-refractivity contribution in [3.63, 3.8) is 0 Å². The summed E-state index contributed by atoms with van der Waals surface area (Å²) >= 11 is 3.30. The topological polar surface area (TPSA) is 22.1 Å². The Balaban J connectivity index is 2.02. The summed E-state index contributed by atoms with van der Waals surface area (Å²) in [6.45, 7) is 2.58. The van der Waals surface area contributed by atoms with Gasteiger partial charge in [0.05, 0.1) is 0 Å². The lowest BCUT2D eigenvalue weighted by molar-refractivity contribution is 0.303. The Morgan fingerprint density at radius 3 is 2.69 bits per heavy atom. The predicted octanol–water partition coefficient (Wildman–Crippen LogP) is 3.73. The van der Waals surface area contributed by atoms with Crippen LogP contribution in [0.25, 0.3) is 0 Å². The second-order valence-corrected chi connectivity index (χ2v) is 4.36. The minimum atomic E-state index is 0.547. The zero-order chi connectivity index (χ0) is 11.4. The molecule has 2 nitrogen and oxygen atoms in total. The summed E-state index contributed by atoms with van der Waals surface area (Å²) in [6, 6.07) is 11.9. The third-order valence-electron chi connectivity index (χ3n) is 2.28. The standard InChI is InChI=1S/C13H12BrNO/c1-10-4-2-3-5-12(10)16-9-11-6-7-13(14)15-8-11/h2-8H,9H2,1H3. The first-order chi connectivity index (χ1) is 7.75. The predicted molar refractivity (Wildman–Crippen MR) is 67.4 cm³/mol. The molecule has 16 heavy (non-hydrogen) atoms. The van der Waals surface area contributed by atoms with Crippen LogP contribution in [0, 0.1) is 6.92 Å². The highest BCUT2D eigenvalue weighted by Gasteiger charge is 1.99. The molecule has 1 aromatic carbocycles. The molecule has 0 saturated carbocycles. The lowest BCUT2D eigenvalue weighted by Gasteiger charge is -2.08. The molecule has 2 aromatic rings. The van der Waals surface area contributed by atoms with Crippen LogP contribution in [-0.2, 0) is 6.61 Å². The fourth-order valence-electron chi connectivity index (χ4n) is 1.37. The van der Waals surface area contributed by atoms with Gasteiger partial charge in [0, 0.05) is 11.8 Å². The number of hydrogen-bond donors (Lipinski definition) is 0. The molecule has 0 unspecified atom stereocenters. The minimum Gasteiger partial charge on any atom is -0.489 e. The molecule has 0 radical (unpaired) electrons. The van der Waals surface area contributed by atoms with E-state index in [9.17, 15) is 0 Å². The van der Waals surface area contributed by atoms with Gasteiger partial charge < -0.3 is 4.74 Å². The van der Waals surface area contributed by atoms with Gasteiger partial charge in [0.25, 0.3) is 0 Å². The first-order valence-corrected chi connectivity index (χ1v) is 5.84. The number of pyridine rings is 1. The molecule has 0 aliphatic heterocycles. The molecule has 0 saturated heterocycles. The summed E-state index contributed by atoms with van der Waals surface area (Å²) in [5, 5.41) is 0. The van der Waals surface area contributed by atoms with E-state index in [0.717, 1.165) is 21.5 Å². The molecule has 0 N–H and O–H groups in total. The van der Waals surface area contributed by atoms with Crippen LogP contribution < -0.4 is 4.74 Å². The molecular formula is C13H12BrNO. The van der Waals surface area contributed by atoms with Crippen molar-refractivity contribution >= 4 is 15.9 Å². The molecule has 82 valence electrons. The monoisotopic (exact) mass is 277 g/mol. The Kier molecular flexibility index (Phi) is 3.57. The average Bonchev–Trinajstić information content (AvgIpc) is 2.30. The van der Waals surface area contributed by atoms with Crippen molar-refractivity contribution in [3.8, 4) is 5.75 Å². The second-order valence-electron chi connectivity index (χ2n) is 3.54. The van der Waals surface area contributed by atoms with Gasteiger partial charge in [-0.15, -0.1) is 0 Å². The molecule has 0 aliphatic rings. The van der Waals surface area contributed by atoms with Gasteiger partial charge in [0.1, 0.15) is 17.0 Å². The number of rotatable bonds is 3. The summed E-state index contributed by atoms with van der Waals surface area (Å²) in [7, 11) is 0. The smallest absolute Gasteiger partial charge is 0.122 e. The highest BCUT2D eigenvalue weighted by atomic mass is 79.9. The molecule has 1 aromatic heterocycles. The van der Waals surface area contributed by atoms with E-state index in [-0.39, 0.29) is 0 Å². The van der Waals surface area contributed by atoms with Crippen molar-refractivity contribution in [1.82, 2.24) is 4.98 Å². The van der Waals surface area contributed by atoms with Gasteiger partial charge in [-0.05, 0) is 40.5 Å². The third kappa shape index (κ3) is 2.83. The summed E-state index contributed by atoms with van der Waals surface area (Å²) in [6.07, 6.45) is 1.81. The van der Waals surface area contributed by atoms with E-state index in [2.05, 4.69) is 20.9 Å². The van der Waals surface area contributed by atoms with Gasteiger partial charge in [-0.25, -0.2) is 4.98 Å². The Bertz CT molecular complexity index is 468. The first-order valence-electron chi connectivity index (χ1n) is 5.04. The Hall–Kier alpha value is -1.35. The molecule has 2 rings (SSSR count). The molecule has 0 atom stereocenters. The lowest BCUT2D eigenvalue weighted by atomic mass is 10.2. The quantitative estimate of drug-likeness (QED) is 0.798. The molecule has 1 heterocycles. The number of hydrogen-bond acceptors (Lipinski definition) is 2. The molecule has 3 heteroatoms. The van der Waals surface area contributed by atoms with Crippen LogP contribution in [0.3, 0.4) is 0 Å². The van der Waals surface area contributed by atoms with Crippen molar-refractivity contribution in [3.05, 3.63) is 58.3 Å². The number of aromatic nitrogens is 1. The van der Waals surface area contributed by atoms with Crippen LogP contribution in [0.15, 0.2) is 47.2 Å². The molecule has 0 bridgehead atoms. The second kappa shape index (κ2) is 5.12. The van der Waals surface area contributed by atoms with Crippen molar-refractivity contribution < 1.29 is 4.74 Å². The fraction of sp³-hybridized carbons (Fsp3) is 0.154. The maximum atomic E-state index is 5.71. The van der Waals surface area contributed by atoms with Crippen molar-refractivity contribution in [2.45, 2.75) is 13.5 Å². The van der Waals surface area contributed by atoms with E-state index in [0.29, 0.717) is 6.61 Å². The van der Waals surface area contributed by atoms with Gasteiger partial charge in [-0.2, -0.15) is 0 Å². The van der Waals surface area contributed by atoms with E-state index in [1.165, 1.54) is 0 Å². The van der Waals surface area contributed by atoms with Crippen LogP contribution in [-0.4, -0.2) is 4.98 Å². The number of aryl methyl sites for hydroxylation is 1. The molecule has 0 aliphatic carbocycles. The van der Waals surface area contributed by atoms with Crippen molar-refractivity contribution in [2.75, 3.05) is 0 Å². The molecule has 0 fully saturated rings. The van der Waals surface area contributed by atoms with E-state index >= 15 is 0 Å². The Morgan fingerprint density at radius 2 is 2.00 bits per heavy atom. The molecule has 0 amide bonds. The van der Waals surface area contributed by atoms with E-state index in [1.807, 2.05) is 49.5 Å². The van der Waals surface area contributed by atoms with Crippen LogP contribution in [0.2, 0.25) is 0 Å². The van der Waals surface area contributed by atoms with Gasteiger partial charge in [-0.1, -0.05) is 24.3 Å². The SMILES string of the molecule is Cc1ccccc1OCc1ccc(Br)nc1. The van der Waals surface area contributed by atoms with E-state index < -0.39 is 0 Å². The van der Waals surface area contributed by atoms with Gasteiger partial charge in [0.15, 0.2) is 0 Å². The summed E-state index contributed by atoms with van der Waals surface area (Å²) in [5.41, 5.74) is 2.21. The van der Waals surface area contributed by atoms with E-state index in [4.69, 9.17) is 4.74 Å². The zero-order valence-electron chi connectivity index (χ0n) is 8.98. The average molecular weight is 278 g/mol. The third-order valence-corrected chi connectivity index (χ3v) is 2.75. The maximum Gasteiger partial charge on any atom is 0.122 e. The van der Waals surface area contributed by atoms with Crippen LogP contribution >= 0.6 is 15.9 Å². The fourth-order valence-corrected chi connectivity index (χ4v) is 1.61. The number of para-hydroxylation sites is 1. The minimum absolute atomic E-state index is 0.547. The molecule has 0 spiro atoms. The van der Waals surface area contributed by atoms with Crippen molar-refractivity contribution in [2.24, 2.45) is 0 Å².